The van der Waals surface area contributed by atoms with Crippen molar-refractivity contribution in [3.63, 3.8) is 0 Å². The van der Waals surface area contributed by atoms with Gasteiger partial charge in [0.2, 0.25) is 10.0 Å². The Kier molecular flexibility index (Phi) is 6.24. The quantitative estimate of drug-likeness (QED) is 0.596. The third-order valence-corrected chi connectivity index (χ3v) is 7.00. The number of halogens is 1. The second kappa shape index (κ2) is 8.48. The topological polar surface area (TPSA) is 77.5 Å². The summed E-state index contributed by atoms with van der Waals surface area (Å²) in [7, 11) is -0.779. The second-order valence-corrected chi connectivity index (χ2v) is 9.11. The Morgan fingerprint density at radius 2 is 1.82 bits per heavy atom. The number of hydrogen-bond acceptors (Lipinski definition) is 6. The van der Waals surface area contributed by atoms with E-state index in [-0.39, 0.29) is 11.4 Å². The number of ether oxygens (including phenoxy) is 2. The maximum absolute atomic E-state index is 12.7. The first-order chi connectivity index (χ1) is 13.4. The molecule has 0 bridgehead atoms. The highest BCUT2D eigenvalue weighted by Gasteiger charge is 2.19. The first kappa shape index (κ1) is 20.6. The van der Waals surface area contributed by atoms with Crippen molar-refractivity contribution >= 4 is 33.0 Å². The van der Waals surface area contributed by atoms with Crippen LogP contribution in [0.3, 0.4) is 0 Å². The summed E-state index contributed by atoms with van der Waals surface area (Å²) in [4.78, 5) is 5.44. The molecule has 0 saturated heterocycles. The molecule has 0 atom stereocenters. The summed E-state index contributed by atoms with van der Waals surface area (Å²) < 4.78 is 38.3. The second-order valence-electron chi connectivity index (χ2n) is 5.85. The maximum atomic E-state index is 12.7. The fourth-order valence-corrected chi connectivity index (χ4v) is 4.99. The molecule has 0 aliphatic carbocycles. The number of benzene rings is 2. The van der Waals surface area contributed by atoms with Crippen molar-refractivity contribution in [1.82, 2.24) is 9.71 Å². The van der Waals surface area contributed by atoms with Gasteiger partial charge in [0.05, 0.1) is 29.8 Å². The first-order valence-electron chi connectivity index (χ1n) is 8.28. The molecule has 0 saturated carbocycles. The van der Waals surface area contributed by atoms with Crippen LogP contribution in [0.5, 0.6) is 11.5 Å². The van der Waals surface area contributed by atoms with Gasteiger partial charge in [0.1, 0.15) is 5.01 Å². The van der Waals surface area contributed by atoms with E-state index in [2.05, 4.69) is 9.71 Å². The number of aryl methyl sites for hydroxylation is 1. The number of rotatable bonds is 7. The average molecular weight is 439 g/mol. The number of nitrogens with zero attached hydrogens (tertiary/aromatic N) is 1. The lowest BCUT2D eigenvalue weighted by atomic mass is 10.2. The maximum Gasteiger partial charge on any atom is 0.241 e. The van der Waals surface area contributed by atoms with Crippen molar-refractivity contribution in [2.24, 2.45) is 0 Å². The number of aromatic nitrogens is 1. The number of sulfonamides is 1. The Labute approximate surface area is 173 Å². The lowest BCUT2D eigenvalue weighted by molar-refractivity contribution is 0.354. The third kappa shape index (κ3) is 4.30. The van der Waals surface area contributed by atoms with Crippen LogP contribution in [-0.4, -0.2) is 27.6 Å². The smallest absolute Gasteiger partial charge is 0.241 e. The minimum absolute atomic E-state index is 0.0960. The highest BCUT2D eigenvalue weighted by Crippen LogP contribution is 2.33. The molecule has 3 rings (SSSR count). The van der Waals surface area contributed by atoms with Crippen molar-refractivity contribution < 1.29 is 17.9 Å². The van der Waals surface area contributed by atoms with Gasteiger partial charge in [-0.15, -0.1) is 11.3 Å². The molecule has 3 aromatic rings. The van der Waals surface area contributed by atoms with Crippen molar-refractivity contribution in [3.05, 3.63) is 58.1 Å². The molecule has 0 unspecified atom stereocenters. The molecule has 0 aliphatic heterocycles. The van der Waals surface area contributed by atoms with Gasteiger partial charge in [-0.3, -0.25) is 0 Å². The fourth-order valence-electron chi connectivity index (χ4n) is 2.57. The van der Waals surface area contributed by atoms with Crippen LogP contribution >= 0.6 is 22.9 Å². The Hall–Kier alpha value is -2.13. The van der Waals surface area contributed by atoms with Crippen LogP contribution in [0.4, 0.5) is 0 Å². The van der Waals surface area contributed by atoms with Crippen LogP contribution in [-0.2, 0) is 16.6 Å². The Morgan fingerprint density at radius 1 is 1.11 bits per heavy atom. The van der Waals surface area contributed by atoms with E-state index in [0.29, 0.717) is 16.5 Å². The molecule has 0 amide bonds. The van der Waals surface area contributed by atoms with Crippen molar-refractivity contribution in [3.8, 4) is 22.1 Å². The van der Waals surface area contributed by atoms with Crippen molar-refractivity contribution in [2.75, 3.05) is 14.2 Å². The highest BCUT2D eigenvalue weighted by atomic mass is 35.5. The number of thiazole rings is 1. The molecule has 1 heterocycles. The minimum Gasteiger partial charge on any atom is -0.493 e. The molecule has 148 valence electrons. The van der Waals surface area contributed by atoms with Gasteiger partial charge in [-0.25, -0.2) is 18.1 Å². The minimum atomic E-state index is -3.73. The zero-order valence-electron chi connectivity index (χ0n) is 15.5. The molecule has 9 heteroatoms. The van der Waals surface area contributed by atoms with Gasteiger partial charge in [0.15, 0.2) is 11.5 Å². The highest BCUT2D eigenvalue weighted by molar-refractivity contribution is 7.89. The van der Waals surface area contributed by atoms with Crippen LogP contribution in [0, 0.1) is 6.92 Å². The zero-order valence-corrected chi connectivity index (χ0v) is 17.9. The molecule has 0 fully saturated rings. The number of methoxy groups -OCH3 is 2. The summed E-state index contributed by atoms with van der Waals surface area (Å²) in [6.07, 6.45) is 0. The van der Waals surface area contributed by atoms with Crippen LogP contribution < -0.4 is 14.2 Å². The Morgan fingerprint density at radius 3 is 2.50 bits per heavy atom. The Bertz CT molecular complexity index is 1100. The normalized spacial score (nSPS) is 11.4. The van der Waals surface area contributed by atoms with Crippen molar-refractivity contribution in [1.29, 1.82) is 0 Å². The summed E-state index contributed by atoms with van der Waals surface area (Å²) in [6, 6.07) is 11.9. The molecule has 0 spiro atoms. The summed E-state index contributed by atoms with van der Waals surface area (Å²) >= 11 is 7.65. The van der Waals surface area contributed by atoms with Gasteiger partial charge in [-0.1, -0.05) is 29.8 Å². The average Bonchev–Trinajstić information content (AvgIpc) is 3.06. The molecule has 28 heavy (non-hydrogen) atoms. The largest absolute Gasteiger partial charge is 0.493 e. The predicted molar refractivity (Wildman–Crippen MR) is 111 cm³/mol. The molecule has 1 aromatic heterocycles. The third-order valence-electron chi connectivity index (χ3n) is 4.08. The summed E-state index contributed by atoms with van der Waals surface area (Å²) in [5, 5.41) is 1.36. The molecule has 1 N–H and O–H groups in total. The summed E-state index contributed by atoms with van der Waals surface area (Å²) in [6.45, 7) is 1.97. The van der Waals surface area contributed by atoms with Gasteiger partial charge in [0.25, 0.3) is 0 Å². The first-order valence-corrected chi connectivity index (χ1v) is 11.0. The zero-order chi connectivity index (χ0) is 20.3. The van der Waals surface area contributed by atoms with E-state index in [1.54, 1.807) is 12.1 Å². The summed E-state index contributed by atoms with van der Waals surface area (Å²) in [5.41, 5.74) is 1.58. The summed E-state index contributed by atoms with van der Waals surface area (Å²) in [5.74, 6) is 0.810. The molecule has 0 radical (unpaired) electrons. The van der Waals surface area contributed by atoms with E-state index < -0.39 is 10.0 Å². The standard InChI is InChI=1S/C19H19ClN2O4S2/c1-12-18(27-19(22-12)14-6-4-5-7-15(14)20)11-21-28(23,24)13-8-9-16(25-2)17(10-13)26-3/h4-10,21H,11H2,1-3H3. The van der Waals surface area contributed by atoms with Gasteiger partial charge >= 0.3 is 0 Å². The fraction of sp³-hybridized carbons (Fsp3) is 0.211. The van der Waals surface area contributed by atoms with E-state index >= 15 is 0 Å². The molecule has 6 nitrogen and oxygen atoms in total. The Balaban J connectivity index is 1.81. The predicted octanol–water partition coefficient (Wildman–Crippen LogP) is 4.27. The molecular weight excluding hydrogens is 420 g/mol. The SMILES string of the molecule is COc1ccc(S(=O)(=O)NCc2sc(-c3ccccc3Cl)nc2C)cc1OC. The van der Waals surface area contributed by atoms with E-state index in [0.717, 1.165) is 21.1 Å². The van der Waals surface area contributed by atoms with Crippen molar-refractivity contribution in [2.45, 2.75) is 18.4 Å². The lowest BCUT2D eigenvalue weighted by Gasteiger charge is -2.10. The van der Waals surface area contributed by atoms with E-state index in [4.69, 9.17) is 21.1 Å². The van der Waals surface area contributed by atoms with Gasteiger partial charge in [0, 0.05) is 23.1 Å². The number of hydrogen-bond donors (Lipinski definition) is 1. The van der Waals surface area contributed by atoms with E-state index in [1.165, 1.54) is 37.7 Å². The molecule has 0 aliphatic rings. The van der Waals surface area contributed by atoms with Gasteiger partial charge < -0.3 is 9.47 Å². The molecule has 2 aromatic carbocycles. The van der Waals surface area contributed by atoms with Crippen LogP contribution in [0.1, 0.15) is 10.6 Å². The van der Waals surface area contributed by atoms with E-state index in [9.17, 15) is 8.42 Å². The number of nitrogens with one attached hydrogen (secondary N) is 1. The van der Waals surface area contributed by atoms with Crippen LogP contribution in [0.25, 0.3) is 10.6 Å². The van der Waals surface area contributed by atoms with Crippen LogP contribution in [0.15, 0.2) is 47.4 Å². The lowest BCUT2D eigenvalue weighted by Crippen LogP contribution is -2.23. The monoisotopic (exact) mass is 438 g/mol. The van der Waals surface area contributed by atoms with Gasteiger partial charge in [-0.05, 0) is 25.1 Å². The molecular formula is C19H19ClN2O4S2. The van der Waals surface area contributed by atoms with E-state index in [1.807, 2.05) is 25.1 Å². The van der Waals surface area contributed by atoms with Gasteiger partial charge in [-0.2, -0.15) is 0 Å². The van der Waals surface area contributed by atoms with Crippen LogP contribution in [0.2, 0.25) is 5.02 Å².